The van der Waals surface area contributed by atoms with Crippen LogP contribution in [-0.4, -0.2) is 30.2 Å². The van der Waals surface area contributed by atoms with E-state index in [0.29, 0.717) is 17.9 Å². The monoisotopic (exact) mass is 371 g/mol. The Kier molecular flexibility index (Phi) is 5.13. The molecule has 0 spiro atoms. The molecule has 8 heteroatoms. The Hall–Kier alpha value is -3.00. The van der Waals surface area contributed by atoms with Gasteiger partial charge in [0, 0.05) is 30.6 Å². The van der Waals surface area contributed by atoms with Gasteiger partial charge in [-0.1, -0.05) is 18.1 Å². The maximum atomic E-state index is 12.2. The van der Waals surface area contributed by atoms with Crippen molar-refractivity contribution in [1.29, 1.82) is 0 Å². The molecule has 0 fully saturated rings. The molecule has 3 aromatic rings. The van der Waals surface area contributed by atoms with E-state index in [1.165, 1.54) is 18.2 Å². The Labute approximate surface area is 151 Å². The summed E-state index contributed by atoms with van der Waals surface area (Å²) in [5.74, 6) is 0.0571. The molecule has 1 N–H and O–H groups in total. The number of carbonyl (C=O) groups is 1. The van der Waals surface area contributed by atoms with E-state index >= 15 is 0 Å². The quantitative estimate of drug-likeness (QED) is 0.714. The highest BCUT2D eigenvalue weighted by molar-refractivity contribution is 7.91. The molecular weight excluding hydrogens is 354 g/mol. The minimum absolute atomic E-state index is 0.0376. The number of rotatable bonds is 6. The standard InChI is InChI=1S/C18H17N3O4S/c1-2-26(23,24)15-7-5-14(6-8-15)17-10-16(21-25-17)18(22)20-12-13-4-3-9-19-11-13/h3-11H,2,12H2,1H3,(H,20,22). The summed E-state index contributed by atoms with van der Waals surface area (Å²) in [5.41, 5.74) is 1.66. The first-order valence-corrected chi connectivity index (χ1v) is 9.62. The minimum Gasteiger partial charge on any atom is -0.355 e. The van der Waals surface area contributed by atoms with E-state index in [9.17, 15) is 13.2 Å². The van der Waals surface area contributed by atoms with Crippen LogP contribution in [0.2, 0.25) is 0 Å². The van der Waals surface area contributed by atoms with Crippen LogP contribution in [0.5, 0.6) is 0 Å². The molecule has 0 bridgehead atoms. The molecule has 0 atom stereocenters. The van der Waals surface area contributed by atoms with Crippen molar-refractivity contribution < 1.29 is 17.7 Å². The number of amides is 1. The average Bonchev–Trinajstić information content (AvgIpc) is 3.17. The van der Waals surface area contributed by atoms with Crippen molar-refractivity contribution in [2.45, 2.75) is 18.4 Å². The number of pyridine rings is 1. The largest absolute Gasteiger partial charge is 0.355 e. The van der Waals surface area contributed by atoms with Gasteiger partial charge in [0.15, 0.2) is 21.3 Å². The number of carbonyl (C=O) groups excluding carboxylic acids is 1. The van der Waals surface area contributed by atoms with Crippen LogP contribution in [0, 0.1) is 0 Å². The minimum atomic E-state index is -3.25. The molecule has 2 heterocycles. The van der Waals surface area contributed by atoms with Crippen LogP contribution in [0.1, 0.15) is 23.0 Å². The molecule has 0 saturated carbocycles. The smallest absolute Gasteiger partial charge is 0.273 e. The van der Waals surface area contributed by atoms with Crippen molar-refractivity contribution in [2.24, 2.45) is 0 Å². The number of benzene rings is 1. The van der Waals surface area contributed by atoms with Gasteiger partial charge in [-0.2, -0.15) is 0 Å². The van der Waals surface area contributed by atoms with Gasteiger partial charge in [-0.3, -0.25) is 9.78 Å². The third-order valence-corrected chi connectivity index (χ3v) is 5.55. The van der Waals surface area contributed by atoms with Crippen LogP contribution in [0.4, 0.5) is 0 Å². The van der Waals surface area contributed by atoms with Crippen LogP contribution in [0.15, 0.2) is 64.3 Å². The molecular formula is C18H17N3O4S. The lowest BCUT2D eigenvalue weighted by molar-refractivity contribution is 0.0942. The molecule has 0 saturated heterocycles. The van der Waals surface area contributed by atoms with Gasteiger partial charge in [0.2, 0.25) is 0 Å². The first-order valence-electron chi connectivity index (χ1n) is 7.96. The number of nitrogens with one attached hydrogen (secondary N) is 1. The fourth-order valence-corrected chi connectivity index (χ4v) is 3.17. The summed E-state index contributed by atoms with van der Waals surface area (Å²) in [6.07, 6.45) is 3.33. The summed E-state index contributed by atoms with van der Waals surface area (Å²) >= 11 is 0. The first kappa shape index (κ1) is 17.8. The highest BCUT2D eigenvalue weighted by Crippen LogP contribution is 2.22. The molecule has 7 nitrogen and oxygen atoms in total. The molecule has 26 heavy (non-hydrogen) atoms. The Morgan fingerprint density at radius 2 is 1.96 bits per heavy atom. The van der Waals surface area contributed by atoms with Crippen molar-refractivity contribution in [1.82, 2.24) is 15.5 Å². The number of hydrogen-bond donors (Lipinski definition) is 1. The SMILES string of the molecule is CCS(=O)(=O)c1ccc(-c2cc(C(=O)NCc3cccnc3)no2)cc1. The van der Waals surface area contributed by atoms with E-state index in [1.54, 1.807) is 37.5 Å². The summed E-state index contributed by atoms with van der Waals surface area (Å²) in [5, 5.41) is 6.51. The van der Waals surface area contributed by atoms with Gasteiger partial charge in [-0.25, -0.2) is 8.42 Å². The fourth-order valence-electron chi connectivity index (χ4n) is 2.29. The Bertz CT molecular complexity index is 996. The van der Waals surface area contributed by atoms with E-state index in [1.807, 2.05) is 6.07 Å². The molecule has 0 radical (unpaired) electrons. The van der Waals surface area contributed by atoms with Crippen molar-refractivity contribution in [3.8, 4) is 11.3 Å². The topological polar surface area (TPSA) is 102 Å². The zero-order valence-electron chi connectivity index (χ0n) is 14.0. The van der Waals surface area contributed by atoms with Crippen LogP contribution in [0.3, 0.4) is 0 Å². The van der Waals surface area contributed by atoms with Gasteiger partial charge in [-0.15, -0.1) is 0 Å². The van der Waals surface area contributed by atoms with Crippen LogP contribution < -0.4 is 5.32 Å². The lowest BCUT2D eigenvalue weighted by atomic mass is 10.1. The lowest BCUT2D eigenvalue weighted by Crippen LogP contribution is -2.23. The zero-order chi connectivity index (χ0) is 18.6. The average molecular weight is 371 g/mol. The van der Waals surface area contributed by atoms with E-state index < -0.39 is 9.84 Å². The highest BCUT2D eigenvalue weighted by Gasteiger charge is 2.15. The summed E-state index contributed by atoms with van der Waals surface area (Å²) in [7, 11) is -3.25. The third-order valence-electron chi connectivity index (χ3n) is 3.80. The number of nitrogens with zero attached hydrogens (tertiary/aromatic N) is 2. The van der Waals surface area contributed by atoms with Crippen LogP contribution >= 0.6 is 0 Å². The lowest BCUT2D eigenvalue weighted by Gasteiger charge is -2.02. The zero-order valence-corrected chi connectivity index (χ0v) is 14.9. The van der Waals surface area contributed by atoms with Gasteiger partial charge >= 0.3 is 0 Å². The predicted octanol–water partition coefficient (Wildman–Crippen LogP) is 2.46. The van der Waals surface area contributed by atoms with Crippen molar-refractivity contribution in [3.05, 3.63) is 66.1 Å². The first-order chi connectivity index (χ1) is 12.5. The molecule has 0 unspecified atom stereocenters. The molecule has 1 amide bonds. The van der Waals surface area contributed by atoms with Gasteiger partial charge in [-0.05, 0) is 35.9 Å². The number of hydrogen-bond acceptors (Lipinski definition) is 6. The maximum Gasteiger partial charge on any atom is 0.273 e. The Morgan fingerprint density at radius 1 is 1.19 bits per heavy atom. The Morgan fingerprint density at radius 3 is 2.62 bits per heavy atom. The van der Waals surface area contributed by atoms with Gasteiger partial charge in [0.1, 0.15) is 0 Å². The summed E-state index contributed by atoms with van der Waals surface area (Å²) in [6.45, 7) is 1.93. The second kappa shape index (κ2) is 7.49. The third kappa shape index (κ3) is 3.97. The molecule has 3 rings (SSSR count). The van der Waals surface area contributed by atoms with E-state index in [4.69, 9.17) is 4.52 Å². The van der Waals surface area contributed by atoms with E-state index in [2.05, 4.69) is 15.5 Å². The molecule has 0 aliphatic rings. The van der Waals surface area contributed by atoms with Gasteiger partial charge in [0.05, 0.1) is 10.6 Å². The number of aromatic nitrogens is 2. The predicted molar refractivity (Wildman–Crippen MR) is 95.1 cm³/mol. The van der Waals surface area contributed by atoms with Crippen molar-refractivity contribution in [3.63, 3.8) is 0 Å². The molecule has 134 valence electrons. The summed E-state index contributed by atoms with van der Waals surface area (Å²) in [4.78, 5) is 16.4. The van der Waals surface area contributed by atoms with Gasteiger partial charge in [0.25, 0.3) is 5.91 Å². The normalized spacial score (nSPS) is 11.3. The fraction of sp³-hybridized carbons (Fsp3) is 0.167. The molecule has 2 aromatic heterocycles. The number of sulfone groups is 1. The molecule has 0 aliphatic heterocycles. The van der Waals surface area contributed by atoms with Crippen LogP contribution in [0.25, 0.3) is 11.3 Å². The van der Waals surface area contributed by atoms with Crippen molar-refractivity contribution >= 4 is 15.7 Å². The molecule has 0 aliphatic carbocycles. The van der Waals surface area contributed by atoms with Crippen LogP contribution in [-0.2, 0) is 16.4 Å². The molecule has 1 aromatic carbocycles. The maximum absolute atomic E-state index is 12.2. The summed E-state index contributed by atoms with van der Waals surface area (Å²) in [6, 6.07) is 11.4. The second-order valence-electron chi connectivity index (χ2n) is 5.55. The summed E-state index contributed by atoms with van der Waals surface area (Å²) < 4.78 is 28.9. The van der Waals surface area contributed by atoms with Crippen molar-refractivity contribution in [2.75, 3.05) is 5.75 Å². The van der Waals surface area contributed by atoms with Gasteiger partial charge < -0.3 is 9.84 Å². The van der Waals surface area contributed by atoms with E-state index in [0.717, 1.165) is 5.56 Å². The van der Waals surface area contributed by atoms with E-state index in [-0.39, 0.29) is 22.2 Å². The second-order valence-corrected chi connectivity index (χ2v) is 7.83. The Balaban J connectivity index is 1.70. The highest BCUT2D eigenvalue weighted by atomic mass is 32.2.